The first-order valence-corrected chi connectivity index (χ1v) is 14.2. The zero-order chi connectivity index (χ0) is 30.9. The van der Waals surface area contributed by atoms with Gasteiger partial charge in [0.15, 0.2) is 0 Å². The maximum absolute atomic E-state index is 14.5. The second-order valence-electron chi connectivity index (χ2n) is 10.9. The lowest BCUT2D eigenvalue weighted by Gasteiger charge is -2.26. The molecule has 4 rings (SSSR count). The van der Waals surface area contributed by atoms with E-state index in [9.17, 15) is 23.9 Å². The fraction of sp³-hybridized carbons (Fsp3) is 0.464. The molecule has 0 fully saturated rings. The number of halogens is 1. The van der Waals surface area contributed by atoms with E-state index in [4.69, 9.17) is 9.47 Å². The summed E-state index contributed by atoms with van der Waals surface area (Å²) in [6.45, 7) is 9.50. The minimum atomic E-state index is -1.25. The zero-order valence-electron chi connectivity index (χ0n) is 24.5. The molecule has 2 atom stereocenters. The molecule has 0 aliphatic rings. The first-order valence-electron chi connectivity index (χ1n) is 13.4. The molecule has 2 N–H and O–H groups in total. The number of thiophene rings is 1. The van der Waals surface area contributed by atoms with Crippen LogP contribution in [0.5, 0.6) is 5.75 Å². The van der Waals surface area contributed by atoms with E-state index in [0.717, 1.165) is 15.9 Å². The van der Waals surface area contributed by atoms with Crippen LogP contribution in [0.2, 0.25) is 0 Å². The highest BCUT2D eigenvalue weighted by molar-refractivity contribution is 7.21. The number of carbonyl (C=O) groups excluding carboxylic acids is 1. The summed E-state index contributed by atoms with van der Waals surface area (Å²) in [6, 6.07) is 2.56. The number of carbonyl (C=O) groups is 1. The van der Waals surface area contributed by atoms with Crippen LogP contribution in [-0.2, 0) is 16.1 Å². The standard InChI is InChI=1S/C28H35FN6O6S/c1-15(2)32-23(36)17(4)34-24(37)22-16(3)25(35-30-10-11-31-35)42-26(22)33(27(34)38)13-21(41-14-28(5,6)39)19-12-18(29)8-9-20(19)40-7/h8-12,15,17,21,39H,13-14H2,1-7H3,(H,32,36)/t17?,21-/m0/s1. The Balaban J connectivity index is 2.00. The van der Waals surface area contributed by atoms with Crippen molar-refractivity contribution in [2.45, 2.75) is 71.9 Å². The molecular formula is C28H35FN6O6S. The number of aliphatic hydroxyl groups is 1. The van der Waals surface area contributed by atoms with Crippen LogP contribution in [0.3, 0.4) is 0 Å². The van der Waals surface area contributed by atoms with Crippen LogP contribution in [-0.4, -0.2) is 60.5 Å². The number of hydrogen-bond acceptors (Lipinski definition) is 9. The first kappa shape index (κ1) is 31.1. The van der Waals surface area contributed by atoms with Gasteiger partial charge in [-0.25, -0.2) is 13.8 Å². The van der Waals surface area contributed by atoms with Gasteiger partial charge >= 0.3 is 5.69 Å². The summed E-state index contributed by atoms with van der Waals surface area (Å²) in [6.07, 6.45) is 1.98. The number of nitrogens with one attached hydrogen (secondary N) is 1. The fourth-order valence-electron chi connectivity index (χ4n) is 4.56. The second-order valence-corrected chi connectivity index (χ2v) is 11.9. The van der Waals surface area contributed by atoms with Crippen molar-refractivity contribution < 1.29 is 23.8 Å². The average molecular weight is 603 g/mol. The highest BCUT2D eigenvalue weighted by Crippen LogP contribution is 2.34. The van der Waals surface area contributed by atoms with Crippen LogP contribution >= 0.6 is 11.3 Å². The smallest absolute Gasteiger partial charge is 0.332 e. The van der Waals surface area contributed by atoms with Gasteiger partial charge < -0.3 is 19.9 Å². The maximum Gasteiger partial charge on any atom is 0.332 e. The molecule has 0 aliphatic heterocycles. The van der Waals surface area contributed by atoms with Crippen molar-refractivity contribution in [3.63, 3.8) is 0 Å². The van der Waals surface area contributed by atoms with Gasteiger partial charge in [-0.3, -0.25) is 14.2 Å². The number of amides is 1. The van der Waals surface area contributed by atoms with Crippen LogP contribution in [0.1, 0.15) is 57.9 Å². The van der Waals surface area contributed by atoms with E-state index in [1.54, 1.807) is 34.6 Å². The summed E-state index contributed by atoms with van der Waals surface area (Å²) >= 11 is 1.13. The van der Waals surface area contributed by atoms with Crippen LogP contribution in [0.4, 0.5) is 4.39 Å². The van der Waals surface area contributed by atoms with Gasteiger partial charge in [0.2, 0.25) is 5.91 Å². The molecule has 226 valence electrons. The highest BCUT2D eigenvalue weighted by atomic mass is 32.1. The summed E-state index contributed by atoms with van der Waals surface area (Å²) in [5.41, 5.74) is -1.82. The monoisotopic (exact) mass is 602 g/mol. The van der Waals surface area contributed by atoms with Crippen LogP contribution < -0.4 is 21.3 Å². The quantitative estimate of drug-likeness (QED) is 0.267. The molecular weight excluding hydrogens is 567 g/mol. The molecule has 1 aromatic carbocycles. The van der Waals surface area contributed by atoms with E-state index in [0.29, 0.717) is 26.7 Å². The molecule has 4 aromatic rings. The van der Waals surface area contributed by atoms with Crippen LogP contribution in [0.25, 0.3) is 15.2 Å². The third-order valence-corrected chi connectivity index (χ3v) is 7.82. The summed E-state index contributed by atoms with van der Waals surface area (Å²) in [5.74, 6) is -0.745. The largest absolute Gasteiger partial charge is 0.496 e. The van der Waals surface area contributed by atoms with Crippen molar-refractivity contribution in [2.75, 3.05) is 13.7 Å². The van der Waals surface area contributed by atoms with Gasteiger partial charge in [-0.1, -0.05) is 11.3 Å². The third-order valence-electron chi connectivity index (χ3n) is 6.54. The number of fused-ring (bicyclic) bond motifs is 1. The number of rotatable bonds is 11. The predicted octanol–water partition coefficient (Wildman–Crippen LogP) is 2.88. The molecule has 0 radical (unpaired) electrons. The highest BCUT2D eigenvalue weighted by Gasteiger charge is 2.30. The zero-order valence-corrected chi connectivity index (χ0v) is 25.4. The van der Waals surface area contributed by atoms with E-state index < -0.39 is 40.7 Å². The van der Waals surface area contributed by atoms with Gasteiger partial charge in [0.1, 0.15) is 33.5 Å². The van der Waals surface area contributed by atoms with Gasteiger partial charge in [-0.2, -0.15) is 10.2 Å². The van der Waals surface area contributed by atoms with E-state index in [-0.39, 0.29) is 24.6 Å². The lowest BCUT2D eigenvalue weighted by Crippen LogP contribution is -2.47. The van der Waals surface area contributed by atoms with Crippen molar-refractivity contribution in [1.82, 2.24) is 29.4 Å². The molecule has 1 unspecified atom stereocenters. The molecule has 42 heavy (non-hydrogen) atoms. The molecule has 0 spiro atoms. The molecule has 0 aliphatic carbocycles. The fourth-order valence-corrected chi connectivity index (χ4v) is 5.78. The average Bonchev–Trinajstić information content (AvgIpc) is 3.55. The van der Waals surface area contributed by atoms with Gasteiger partial charge in [-0.15, -0.1) is 4.80 Å². The van der Waals surface area contributed by atoms with Crippen molar-refractivity contribution in [1.29, 1.82) is 0 Å². The van der Waals surface area contributed by atoms with Gasteiger partial charge in [0.25, 0.3) is 5.56 Å². The normalized spacial score (nSPS) is 13.5. The van der Waals surface area contributed by atoms with E-state index in [1.807, 2.05) is 0 Å². The molecule has 3 aromatic heterocycles. The minimum Gasteiger partial charge on any atom is -0.496 e. The minimum absolute atomic E-state index is 0.159. The molecule has 0 saturated heterocycles. The van der Waals surface area contributed by atoms with Crippen molar-refractivity contribution >= 4 is 27.5 Å². The van der Waals surface area contributed by atoms with Gasteiger partial charge in [-0.05, 0) is 59.7 Å². The first-order chi connectivity index (χ1) is 19.7. The number of aryl methyl sites for hydroxylation is 1. The molecule has 0 saturated carbocycles. The van der Waals surface area contributed by atoms with E-state index in [1.165, 1.54) is 54.0 Å². The number of aromatic nitrogens is 5. The molecule has 0 bridgehead atoms. The topological polar surface area (TPSA) is 142 Å². The SMILES string of the molecule is COc1ccc(F)cc1[C@H](Cn1c(=O)n(C(C)C(=O)NC(C)C)c(=O)c2c(C)c(-n3nccn3)sc21)OCC(C)(C)O. The number of ether oxygens (including phenoxy) is 2. The molecule has 12 nitrogen and oxygen atoms in total. The van der Waals surface area contributed by atoms with Crippen molar-refractivity contribution in [2.24, 2.45) is 0 Å². The Labute approximate surface area is 245 Å². The third kappa shape index (κ3) is 6.30. The second kappa shape index (κ2) is 12.2. The van der Waals surface area contributed by atoms with E-state index in [2.05, 4.69) is 15.5 Å². The maximum atomic E-state index is 14.5. The number of hydrogen-bond donors (Lipinski definition) is 2. The van der Waals surface area contributed by atoms with E-state index >= 15 is 0 Å². The Hall–Kier alpha value is -3.88. The van der Waals surface area contributed by atoms with Crippen molar-refractivity contribution in [3.8, 4) is 10.8 Å². The van der Waals surface area contributed by atoms with Gasteiger partial charge in [0.05, 0.1) is 43.6 Å². The Morgan fingerprint density at radius 1 is 1.19 bits per heavy atom. The summed E-state index contributed by atoms with van der Waals surface area (Å²) < 4.78 is 28.3. The molecule has 3 heterocycles. The Morgan fingerprint density at radius 2 is 1.86 bits per heavy atom. The summed E-state index contributed by atoms with van der Waals surface area (Å²) in [7, 11) is 1.43. The lowest BCUT2D eigenvalue weighted by molar-refractivity contribution is -0.124. The Bertz CT molecular complexity index is 1700. The lowest BCUT2D eigenvalue weighted by atomic mass is 10.1. The van der Waals surface area contributed by atoms with Crippen LogP contribution in [0.15, 0.2) is 40.2 Å². The predicted molar refractivity (Wildman–Crippen MR) is 156 cm³/mol. The summed E-state index contributed by atoms with van der Waals surface area (Å²) in [4.78, 5) is 42.7. The van der Waals surface area contributed by atoms with Gasteiger partial charge in [0, 0.05) is 17.2 Å². The van der Waals surface area contributed by atoms with Crippen LogP contribution in [0, 0.1) is 12.7 Å². The molecule has 1 amide bonds. The number of benzene rings is 1. The summed E-state index contributed by atoms with van der Waals surface area (Å²) in [5, 5.41) is 22.3. The molecule has 14 heteroatoms. The number of methoxy groups -OCH3 is 1. The Kier molecular flexibility index (Phi) is 8.99. The van der Waals surface area contributed by atoms with Crippen molar-refractivity contribution in [3.05, 3.63) is 68.4 Å². The number of nitrogens with zero attached hydrogens (tertiary/aromatic N) is 5. The Morgan fingerprint density at radius 3 is 2.45 bits per heavy atom.